The van der Waals surface area contributed by atoms with Gasteiger partial charge in [0.2, 0.25) is 0 Å². The topological polar surface area (TPSA) is 109 Å². The molecule has 0 bridgehead atoms. The molecule has 39 heavy (non-hydrogen) atoms. The van der Waals surface area contributed by atoms with Gasteiger partial charge in [-0.2, -0.15) is 0 Å². The molecule has 212 valence electrons. The maximum Gasteiger partial charge on any atom is 0.308 e. The van der Waals surface area contributed by atoms with Gasteiger partial charge in [0.25, 0.3) is 5.91 Å². The van der Waals surface area contributed by atoms with Crippen molar-refractivity contribution in [2.45, 2.75) is 58.1 Å². The molecular formula is C30H40N2O7. The normalized spacial score (nSPS) is 20.4. The van der Waals surface area contributed by atoms with Crippen molar-refractivity contribution in [1.29, 1.82) is 0 Å². The van der Waals surface area contributed by atoms with Gasteiger partial charge in [-0.15, -0.1) is 0 Å². The number of benzene rings is 2. The number of carbonyl (C=O) groups excluding carboxylic acids is 1. The number of nitrogens with zero attached hydrogens (tertiary/aromatic N) is 2. The first-order chi connectivity index (χ1) is 19.0. The summed E-state index contributed by atoms with van der Waals surface area (Å²) in [5.74, 6) is -0.636. The molecule has 1 saturated heterocycles. The predicted octanol–water partition coefficient (Wildman–Crippen LogP) is 3.63. The number of ether oxygens (including phenoxy) is 2. The Morgan fingerprint density at radius 2 is 1.95 bits per heavy atom. The molecule has 1 amide bonds. The summed E-state index contributed by atoms with van der Waals surface area (Å²) in [4.78, 5) is 33.8. The zero-order chi connectivity index (χ0) is 27.8. The van der Waals surface area contributed by atoms with Crippen LogP contribution in [0.15, 0.2) is 42.5 Å². The number of hydrogen-bond acceptors (Lipinski definition) is 7. The maximum absolute atomic E-state index is 13.3. The number of carboxylic acids is 1. The fourth-order valence-corrected chi connectivity index (χ4v) is 5.61. The van der Waals surface area contributed by atoms with E-state index in [0.717, 1.165) is 36.1 Å². The molecule has 3 atom stereocenters. The highest BCUT2D eigenvalue weighted by molar-refractivity contribution is 5.78. The van der Waals surface area contributed by atoms with Crippen LogP contribution < -0.4 is 9.47 Å². The van der Waals surface area contributed by atoms with Crippen LogP contribution in [0.2, 0.25) is 0 Å². The molecule has 1 fully saturated rings. The van der Waals surface area contributed by atoms with Crippen molar-refractivity contribution in [3.63, 3.8) is 0 Å². The number of aliphatic carboxylic acids is 1. The zero-order valence-electron chi connectivity index (χ0n) is 22.9. The first kappa shape index (κ1) is 28.9. The molecule has 2 aromatic carbocycles. The van der Waals surface area contributed by atoms with Crippen LogP contribution in [0.3, 0.4) is 0 Å². The van der Waals surface area contributed by atoms with Gasteiger partial charge < -0.3 is 19.7 Å². The van der Waals surface area contributed by atoms with Gasteiger partial charge in [0.15, 0.2) is 0 Å². The molecule has 0 unspecified atom stereocenters. The van der Waals surface area contributed by atoms with Crippen LogP contribution in [-0.2, 0) is 27.5 Å². The Labute approximate surface area is 230 Å². The summed E-state index contributed by atoms with van der Waals surface area (Å²) < 4.78 is 11.7. The van der Waals surface area contributed by atoms with Gasteiger partial charge >= 0.3 is 5.97 Å². The van der Waals surface area contributed by atoms with Crippen molar-refractivity contribution >= 4 is 11.9 Å². The molecule has 9 nitrogen and oxygen atoms in total. The van der Waals surface area contributed by atoms with Crippen LogP contribution in [-0.4, -0.2) is 77.5 Å². The van der Waals surface area contributed by atoms with E-state index >= 15 is 0 Å². The van der Waals surface area contributed by atoms with E-state index in [1.807, 2.05) is 43.0 Å². The summed E-state index contributed by atoms with van der Waals surface area (Å²) >= 11 is 0. The second kappa shape index (κ2) is 13.8. The Hall–Kier alpha value is -3.14. The van der Waals surface area contributed by atoms with Crippen molar-refractivity contribution in [1.82, 2.24) is 9.96 Å². The molecule has 0 aliphatic carbocycles. The van der Waals surface area contributed by atoms with Crippen molar-refractivity contribution in [2.75, 3.05) is 39.5 Å². The quantitative estimate of drug-likeness (QED) is 0.350. The number of hydrogen-bond donors (Lipinski definition) is 2. The first-order valence-electron chi connectivity index (χ1n) is 13.9. The van der Waals surface area contributed by atoms with Crippen LogP contribution in [0, 0.1) is 5.92 Å². The third kappa shape index (κ3) is 6.90. The van der Waals surface area contributed by atoms with Crippen LogP contribution in [0.1, 0.15) is 55.7 Å². The Bertz CT molecular complexity index is 1120. The smallest absolute Gasteiger partial charge is 0.308 e. The molecule has 4 rings (SSSR count). The van der Waals surface area contributed by atoms with E-state index in [1.54, 1.807) is 12.1 Å². The minimum Gasteiger partial charge on any atom is -0.493 e. The highest BCUT2D eigenvalue weighted by Crippen LogP contribution is 2.41. The van der Waals surface area contributed by atoms with Gasteiger partial charge in [0, 0.05) is 37.0 Å². The summed E-state index contributed by atoms with van der Waals surface area (Å²) in [6, 6.07) is 12.8. The third-order valence-corrected chi connectivity index (χ3v) is 7.48. The van der Waals surface area contributed by atoms with Crippen molar-refractivity contribution in [2.24, 2.45) is 5.92 Å². The molecule has 0 radical (unpaired) electrons. The van der Waals surface area contributed by atoms with E-state index in [9.17, 15) is 19.8 Å². The molecule has 0 saturated carbocycles. The Morgan fingerprint density at radius 3 is 2.69 bits per heavy atom. The van der Waals surface area contributed by atoms with Gasteiger partial charge in [-0.1, -0.05) is 44.2 Å². The van der Waals surface area contributed by atoms with Crippen molar-refractivity contribution in [3.8, 4) is 11.5 Å². The summed E-state index contributed by atoms with van der Waals surface area (Å²) in [6.45, 7) is 6.16. The minimum absolute atomic E-state index is 0.0654. The van der Waals surface area contributed by atoms with E-state index in [4.69, 9.17) is 14.3 Å². The van der Waals surface area contributed by atoms with Crippen LogP contribution in [0.4, 0.5) is 0 Å². The number of rotatable bonds is 14. The van der Waals surface area contributed by atoms with Gasteiger partial charge in [0.1, 0.15) is 11.5 Å². The Balaban J connectivity index is 1.57. The monoisotopic (exact) mass is 540 g/mol. The molecule has 2 N–H and O–H groups in total. The molecule has 2 heterocycles. The maximum atomic E-state index is 13.3. The number of carbonyl (C=O) groups is 2. The number of carboxylic acid groups (broad SMARTS) is 1. The highest BCUT2D eigenvalue weighted by Gasteiger charge is 2.47. The summed E-state index contributed by atoms with van der Waals surface area (Å²) in [5, 5.41) is 21.5. The fourth-order valence-electron chi connectivity index (χ4n) is 5.61. The fraction of sp³-hybridized carbons (Fsp3) is 0.533. The number of aliphatic hydroxyl groups is 1. The van der Waals surface area contributed by atoms with Gasteiger partial charge in [-0.05, 0) is 42.5 Å². The predicted molar refractivity (Wildman–Crippen MR) is 146 cm³/mol. The lowest BCUT2D eigenvalue weighted by Gasteiger charge is -2.29. The van der Waals surface area contributed by atoms with Crippen LogP contribution >= 0.6 is 0 Å². The first-order valence-corrected chi connectivity index (χ1v) is 13.9. The standard InChI is InChI=1S/C30H40N2O7/c1-3-13-32(39-14-4-2)28(34)19-31-18-24(21-9-10-27-22(17-21)11-15-37-27)29(30(35)36)25(31)12-16-38-26-8-6-5-7-23(26)20-33/h5-10,17,24-25,29,33H,3-4,11-16,18-20H2,1-2H3,(H,35,36)/t24-,25+,29-/m1/s1. The van der Waals surface area contributed by atoms with E-state index in [2.05, 4.69) is 6.07 Å². The van der Waals surface area contributed by atoms with Crippen molar-refractivity contribution in [3.05, 3.63) is 59.2 Å². The summed E-state index contributed by atoms with van der Waals surface area (Å²) in [5.41, 5.74) is 2.71. The number of amides is 1. The molecular weight excluding hydrogens is 500 g/mol. The molecule has 0 spiro atoms. The third-order valence-electron chi connectivity index (χ3n) is 7.48. The molecule has 2 aliphatic rings. The number of hydroxylamine groups is 2. The van der Waals surface area contributed by atoms with Gasteiger partial charge in [0.05, 0.1) is 38.9 Å². The number of aliphatic hydroxyl groups excluding tert-OH is 1. The van der Waals surface area contributed by atoms with Gasteiger partial charge in [-0.3, -0.25) is 19.3 Å². The average molecular weight is 541 g/mol. The Kier molecular flexibility index (Phi) is 10.2. The Morgan fingerprint density at radius 1 is 1.13 bits per heavy atom. The minimum atomic E-state index is -0.889. The highest BCUT2D eigenvalue weighted by atomic mass is 16.7. The van der Waals surface area contributed by atoms with Gasteiger partial charge in [-0.25, -0.2) is 5.06 Å². The zero-order valence-corrected chi connectivity index (χ0v) is 22.9. The van der Waals surface area contributed by atoms with E-state index < -0.39 is 17.9 Å². The van der Waals surface area contributed by atoms with Crippen LogP contribution in [0.5, 0.6) is 11.5 Å². The van der Waals surface area contributed by atoms with E-state index in [0.29, 0.717) is 44.0 Å². The molecule has 2 aromatic rings. The van der Waals surface area contributed by atoms with Crippen LogP contribution in [0.25, 0.3) is 0 Å². The second-order valence-electron chi connectivity index (χ2n) is 10.2. The van der Waals surface area contributed by atoms with Crippen molar-refractivity contribution < 1.29 is 34.1 Å². The number of likely N-dealkylation sites (tertiary alicyclic amines) is 1. The number of fused-ring (bicyclic) bond motifs is 1. The molecule has 2 aliphatic heterocycles. The average Bonchev–Trinajstić information content (AvgIpc) is 3.55. The van der Waals surface area contributed by atoms with E-state index in [-0.39, 0.29) is 31.6 Å². The molecule has 0 aromatic heterocycles. The second-order valence-corrected chi connectivity index (χ2v) is 10.2. The largest absolute Gasteiger partial charge is 0.493 e. The molecule has 9 heteroatoms. The summed E-state index contributed by atoms with van der Waals surface area (Å²) in [6.07, 6.45) is 2.77. The summed E-state index contributed by atoms with van der Waals surface area (Å²) in [7, 11) is 0. The lowest BCUT2D eigenvalue weighted by atomic mass is 9.83. The van der Waals surface area contributed by atoms with E-state index in [1.165, 1.54) is 5.06 Å². The lowest BCUT2D eigenvalue weighted by molar-refractivity contribution is -0.188. The lowest BCUT2D eigenvalue weighted by Crippen LogP contribution is -2.45. The SMILES string of the molecule is CCCON(CCC)C(=O)CN1C[C@H](c2ccc3c(c2)CCO3)[C@@H](C(=O)O)[C@@H]1CCOc1ccccc1CO. The number of para-hydroxylation sites is 1.